The molecule has 0 aromatic carbocycles. The molecule has 1 fully saturated rings. The summed E-state index contributed by atoms with van der Waals surface area (Å²) >= 11 is 0. The second kappa shape index (κ2) is 6.68. The normalized spacial score (nSPS) is 17.8. The van der Waals surface area contributed by atoms with E-state index in [0.717, 1.165) is 18.9 Å². The molecule has 0 saturated heterocycles. The Morgan fingerprint density at radius 2 is 2.07 bits per heavy atom. The van der Waals surface area contributed by atoms with Crippen LogP contribution in [0.1, 0.15) is 45.4 Å². The van der Waals surface area contributed by atoms with Gasteiger partial charge >= 0.3 is 6.09 Å². The standard InChI is InChI=1S/C11H21NO2/c1-2-14-11(13)12-9-8-10-6-4-3-5-7-10/h10H,2-9H2,1H3,(H,12,13). The number of hydrogen-bond acceptors (Lipinski definition) is 2. The highest BCUT2D eigenvalue weighted by atomic mass is 16.5. The second-order valence-corrected chi connectivity index (χ2v) is 3.94. The van der Waals surface area contributed by atoms with E-state index in [4.69, 9.17) is 4.74 Å². The highest BCUT2D eigenvalue weighted by Gasteiger charge is 2.13. The van der Waals surface area contributed by atoms with Gasteiger partial charge < -0.3 is 10.1 Å². The zero-order chi connectivity index (χ0) is 10.2. The third-order valence-electron chi connectivity index (χ3n) is 2.82. The van der Waals surface area contributed by atoms with Crippen molar-refractivity contribution < 1.29 is 9.53 Å². The number of hydrogen-bond donors (Lipinski definition) is 1. The van der Waals surface area contributed by atoms with Crippen LogP contribution in [0, 0.1) is 5.92 Å². The van der Waals surface area contributed by atoms with Crippen molar-refractivity contribution in [2.24, 2.45) is 5.92 Å². The van der Waals surface area contributed by atoms with Gasteiger partial charge in [0.15, 0.2) is 0 Å². The molecule has 1 aliphatic rings. The highest BCUT2D eigenvalue weighted by molar-refractivity contribution is 5.66. The fourth-order valence-corrected chi connectivity index (χ4v) is 2.04. The van der Waals surface area contributed by atoms with Gasteiger partial charge in [0, 0.05) is 6.54 Å². The Morgan fingerprint density at radius 1 is 1.36 bits per heavy atom. The average molecular weight is 199 g/mol. The molecular formula is C11H21NO2. The van der Waals surface area contributed by atoms with Crippen molar-refractivity contribution >= 4 is 6.09 Å². The SMILES string of the molecule is CCOC(=O)NCCC1CCCCC1. The van der Waals surface area contributed by atoms with Crippen LogP contribution in [-0.4, -0.2) is 19.2 Å². The van der Waals surface area contributed by atoms with Gasteiger partial charge in [-0.15, -0.1) is 0 Å². The van der Waals surface area contributed by atoms with E-state index in [1.165, 1.54) is 32.1 Å². The Balaban J connectivity index is 1.99. The molecule has 1 rings (SSSR count). The smallest absolute Gasteiger partial charge is 0.407 e. The van der Waals surface area contributed by atoms with Gasteiger partial charge in [0.2, 0.25) is 0 Å². The van der Waals surface area contributed by atoms with Gasteiger partial charge in [0.25, 0.3) is 0 Å². The van der Waals surface area contributed by atoms with Crippen LogP contribution in [0.3, 0.4) is 0 Å². The lowest BCUT2D eigenvalue weighted by atomic mass is 9.87. The van der Waals surface area contributed by atoms with E-state index in [2.05, 4.69) is 5.32 Å². The van der Waals surface area contributed by atoms with E-state index in [1.807, 2.05) is 6.92 Å². The molecule has 0 aromatic heterocycles. The molecule has 3 heteroatoms. The lowest BCUT2D eigenvalue weighted by Gasteiger charge is -2.21. The minimum absolute atomic E-state index is 0.275. The Kier molecular flexibility index (Phi) is 5.42. The fraction of sp³-hybridized carbons (Fsp3) is 0.909. The molecule has 14 heavy (non-hydrogen) atoms. The Bertz CT molecular complexity index is 165. The van der Waals surface area contributed by atoms with Gasteiger partial charge in [-0.3, -0.25) is 0 Å². The van der Waals surface area contributed by atoms with Crippen LogP contribution in [0.5, 0.6) is 0 Å². The Hall–Kier alpha value is -0.730. The summed E-state index contributed by atoms with van der Waals surface area (Å²) in [7, 11) is 0. The van der Waals surface area contributed by atoms with Gasteiger partial charge in [0.1, 0.15) is 0 Å². The van der Waals surface area contributed by atoms with Gasteiger partial charge in [-0.1, -0.05) is 32.1 Å². The number of amides is 1. The first-order chi connectivity index (χ1) is 6.83. The zero-order valence-corrected chi connectivity index (χ0v) is 9.05. The number of carbonyl (C=O) groups excluding carboxylic acids is 1. The number of nitrogens with one attached hydrogen (secondary N) is 1. The minimum atomic E-state index is -0.275. The topological polar surface area (TPSA) is 38.3 Å². The largest absolute Gasteiger partial charge is 0.450 e. The first kappa shape index (κ1) is 11.3. The average Bonchev–Trinajstić information content (AvgIpc) is 2.20. The van der Waals surface area contributed by atoms with Crippen LogP contribution in [0.2, 0.25) is 0 Å². The molecule has 82 valence electrons. The number of rotatable bonds is 4. The summed E-state index contributed by atoms with van der Waals surface area (Å²) in [5.74, 6) is 0.825. The summed E-state index contributed by atoms with van der Waals surface area (Å²) in [4.78, 5) is 11.0. The molecule has 0 aliphatic heterocycles. The third kappa shape index (κ3) is 4.49. The maximum Gasteiger partial charge on any atom is 0.407 e. The third-order valence-corrected chi connectivity index (χ3v) is 2.82. The molecule has 0 unspecified atom stereocenters. The van der Waals surface area contributed by atoms with Crippen LogP contribution in [0.15, 0.2) is 0 Å². The summed E-state index contributed by atoms with van der Waals surface area (Å²) in [6, 6.07) is 0. The molecule has 0 heterocycles. The van der Waals surface area contributed by atoms with Crippen LogP contribution in [0.25, 0.3) is 0 Å². The first-order valence-corrected chi connectivity index (χ1v) is 5.73. The van der Waals surface area contributed by atoms with Crippen molar-refractivity contribution in [3.05, 3.63) is 0 Å². The summed E-state index contributed by atoms with van der Waals surface area (Å²) in [6.45, 7) is 3.04. The van der Waals surface area contributed by atoms with Crippen molar-refractivity contribution in [2.75, 3.05) is 13.2 Å². The molecule has 0 atom stereocenters. The Labute approximate surface area is 86.2 Å². The predicted octanol–water partition coefficient (Wildman–Crippen LogP) is 2.70. The molecule has 0 bridgehead atoms. The number of ether oxygens (including phenoxy) is 1. The lowest BCUT2D eigenvalue weighted by Crippen LogP contribution is -2.27. The zero-order valence-electron chi connectivity index (χ0n) is 9.05. The van der Waals surface area contributed by atoms with Crippen molar-refractivity contribution in [3.63, 3.8) is 0 Å². The molecular weight excluding hydrogens is 178 g/mol. The van der Waals surface area contributed by atoms with Crippen molar-refractivity contribution in [2.45, 2.75) is 45.4 Å². The molecule has 0 spiro atoms. The Morgan fingerprint density at radius 3 is 2.71 bits per heavy atom. The fourth-order valence-electron chi connectivity index (χ4n) is 2.04. The van der Waals surface area contributed by atoms with Crippen LogP contribution in [0.4, 0.5) is 4.79 Å². The van der Waals surface area contributed by atoms with Crippen molar-refractivity contribution in [1.82, 2.24) is 5.32 Å². The van der Waals surface area contributed by atoms with Crippen molar-refractivity contribution in [3.8, 4) is 0 Å². The van der Waals surface area contributed by atoms with Crippen LogP contribution in [-0.2, 0) is 4.74 Å². The predicted molar refractivity (Wildman–Crippen MR) is 56.2 cm³/mol. The quantitative estimate of drug-likeness (QED) is 0.756. The van der Waals surface area contributed by atoms with E-state index >= 15 is 0 Å². The van der Waals surface area contributed by atoms with Crippen LogP contribution >= 0.6 is 0 Å². The van der Waals surface area contributed by atoms with Crippen molar-refractivity contribution in [1.29, 1.82) is 0 Å². The molecule has 0 aromatic rings. The number of carbonyl (C=O) groups is 1. The van der Waals surface area contributed by atoms with E-state index in [1.54, 1.807) is 0 Å². The molecule has 0 radical (unpaired) electrons. The minimum Gasteiger partial charge on any atom is -0.450 e. The summed E-state index contributed by atoms with van der Waals surface area (Å²) in [5.41, 5.74) is 0. The van der Waals surface area contributed by atoms with Gasteiger partial charge in [-0.05, 0) is 19.3 Å². The molecule has 1 amide bonds. The maximum absolute atomic E-state index is 11.0. The van der Waals surface area contributed by atoms with Gasteiger partial charge in [0.05, 0.1) is 6.61 Å². The summed E-state index contributed by atoms with van der Waals surface area (Å²) in [5, 5.41) is 2.77. The summed E-state index contributed by atoms with van der Waals surface area (Å²) in [6.07, 6.45) is 7.63. The van der Waals surface area contributed by atoms with Crippen LogP contribution < -0.4 is 5.32 Å². The molecule has 1 N–H and O–H groups in total. The second-order valence-electron chi connectivity index (χ2n) is 3.94. The molecule has 1 saturated carbocycles. The van der Waals surface area contributed by atoms with Gasteiger partial charge in [-0.2, -0.15) is 0 Å². The van der Waals surface area contributed by atoms with E-state index < -0.39 is 0 Å². The summed E-state index contributed by atoms with van der Waals surface area (Å²) < 4.78 is 4.78. The van der Waals surface area contributed by atoms with Gasteiger partial charge in [-0.25, -0.2) is 4.79 Å². The molecule has 3 nitrogen and oxygen atoms in total. The molecule has 1 aliphatic carbocycles. The lowest BCUT2D eigenvalue weighted by molar-refractivity contribution is 0.151. The van der Waals surface area contributed by atoms with E-state index in [0.29, 0.717) is 6.61 Å². The first-order valence-electron chi connectivity index (χ1n) is 5.73. The number of alkyl carbamates (subject to hydrolysis) is 1. The van der Waals surface area contributed by atoms with E-state index in [9.17, 15) is 4.79 Å². The monoisotopic (exact) mass is 199 g/mol. The maximum atomic E-state index is 11.0. The van der Waals surface area contributed by atoms with E-state index in [-0.39, 0.29) is 6.09 Å². The highest BCUT2D eigenvalue weighted by Crippen LogP contribution is 2.25.